The molecular weight excluding hydrogens is 362 g/mol. The fourth-order valence-electron chi connectivity index (χ4n) is 3.53. The van der Waals surface area contributed by atoms with E-state index in [-0.39, 0.29) is 17.5 Å². The van der Waals surface area contributed by atoms with E-state index in [4.69, 9.17) is 0 Å². The summed E-state index contributed by atoms with van der Waals surface area (Å²) in [4.78, 5) is 37.8. The van der Waals surface area contributed by atoms with Crippen LogP contribution in [0.4, 0.5) is 10.5 Å². The van der Waals surface area contributed by atoms with Crippen LogP contribution in [0.15, 0.2) is 29.1 Å². The van der Waals surface area contributed by atoms with Crippen molar-refractivity contribution >= 4 is 33.3 Å². The topological polar surface area (TPSA) is 91.0 Å². The Morgan fingerprint density at radius 2 is 2.15 bits per heavy atom. The fourth-order valence-corrected chi connectivity index (χ4v) is 4.40. The predicted molar refractivity (Wildman–Crippen MR) is 107 cm³/mol. The number of carbonyl (C=O) groups is 1. The predicted octanol–water partition coefficient (Wildman–Crippen LogP) is 3.41. The van der Waals surface area contributed by atoms with Crippen molar-refractivity contribution in [3.8, 4) is 0 Å². The quantitative estimate of drug-likeness (QED) is 0.709. The molecule has 1 unspecified atom stereocenters. The first-order valence-electron chi connectivity index (χ1n) is 8.99. The van der Waals surface area contributed by atoms with Crippen molar-refractivity contribution in [1.82, 2.24) is 19.9 Å². The van der Waals surface area contributed by atoms with E-state index in [1.807, 2.05) is 25.1 Å². The molecule has 0 spiro atoms. The number of anilines is 1. The van der Waals surface area contributed by atoms with Crippen LogP contribution in [0.1, 0.15) is 35.3 Å². The third-order valence-corrected chi connectivity index (χ3v) is 5.69. The molecule has 3 aromatic rings. The number of aryl methyl sites for hydroxylation is 2. The van der Waals surface area contributed by atoms with Crippen molar-refractivity contribution in [2.75, 3.05) is 18.4 Å². The summed E-state index contributed by atoms with van der Waals surface area (Å²) in [5, 5.41) is 3.99. The van der Waals surface area contributed by atoms with Gasteiger partial charge in [0.05, 0.1) is 20.9 Å². The van der Waals surface area contributed by atoms with Gasteiger partial charge in [-0.2, -0.15) is 0 Å². The maximum atomic E-state index is 12.7. The minimum Gasteiger partial charge on any atom is -0.324 e. The van der Waals surface area contributed by atoms with E-state index < -0.39 is 0 Å². The number of H-pyrrole nitrogens is 1. The summed E-state index contributed by atoms with van der Waals surface area (Å²) >= 11 is 1.61. The van der Waals surface area contributed by atoms with Crippen LogP contribution in [0.3, 0.4) is 0 Å². The molecule has 3 heterocycles. The number of aromatic amines is 1. The second kappa shape index (κ2) is 7.11. The van der Waals surface area contributed by atoms with E-state index in [0.29, 0.717) is 18.9 Å². The van der Waals surface area contributed by atoms with E-state index in [1.54, 1.807) is 29.2 Å². The van der Waals surface area contributed by atoms with Gasteiger partial charge in [-0.15, -0.1) is 11.3 Å². The molecule has 0 aliphatic carbocycles. The second-order valence-corrected chi connectivity index (χ2v) is 8.12. The monoisotopic (exact) mass is 383 g/mol. The van der Waals surface area contributed by atoms with Gasteiger partial charge in [0.1, 0.15) is 5.82 Å². The molecule has 2 amide bonds. The number of hydrogen-bond acceptors (Lipinski definition) is 5. The van der Waals surface area contributed by atoms with Crippen LogP contribution in [0.2, 0.25) is 0 Å². The van der Waals surface area contributed by atoms with Gasteiger partial charge in [0.25, 0.3) is 5.56 Å². The van der Waals surface area contributed by atoms with E-state index in [0.717, 1.165) is 39.4 Å². The minimum absolute atomic E-state index is 0.0807. The van der Waals surface area contributed by atoms with Gasteiger partial charge < -0.3 is 15.2 Å². The number of hydrogen-bond donors (Lipinski definition) is 2. The maximum absolute atomic E-state index is 12.7. The summed E-state index contributed by atoms with van der Waals surface area (Å²) in [6.07, 6.45) is 1.81. The zero-order valence-electron chi connectivity index (χ0n) is 15.3. The Labute approximate surface area is 160 Å². The summed E-state index contributed by atoms with van der Waals surface area (Å²) in [7, 11) is 0. The minimum atomic E-state index is -0.146. The largest absolute Gasteiger partial charge is 0.324 e. The number of carbonyl (C=O) groups excluding carboxylic acids is 1. The van der Waals surface area contributed by atoms with Gasteiger partial charge in [-0.05, 0) is 44.9 Å². The number of nitrogens with zero attached hydrogens (tertiary/aromatic N) is 3. The summed E-state index contributed by atoms with van der Waals surface area (Å²) in [6.45, 7) is 5.01. The Kier molecular flexibility index (Phi) is 4.65. The van der Waals surface area contributed by atoms with Crippen molar-refractivity contribution in [2.45, 2.75) is 32.6 Å². The normalized spacial score (nSPS) is 17.3. The van der Waals surface area contributed by atoms with Gasteiger partial charge in [-0.25, -0.2) is 14.8 Å². The van der Waals surface area contributed by atoms with Crippen molar-refractivity contribution in [3.05, 3.63) is 51.1 Å². The first-order chi connectivity index (χ1) is 13.0. The molecule has 1 saturated heterocycles. The molecule has 2 aromatic heterocycles. The van der Waals surface area contributed by atoms with Gasteiger partial charge in [0, 0.05) is 30.8 Å². The molecule has 140 valence electrons. The van der Waals surface area contributed by atoms with Crippen LogP contribution in [0, 0.1) is 13.8 Å². The maximum Gasteiger partial charge on any atom is 0.321 e. The van der Waals surface area contributed by atoms with E-state index >= 15 is 0 Å². The number of nitrogens with one attached hydrogen (secondary N) is 2. The number of aromatic nitrogens is 3. The third kappa shape index (κ3) is 3.85. The number of rotatable bonds is 2. The van der Waals surface area contributed by atoms with Gasteiger partial charge in [-0.3, -0.25) is 4.79 Å². The average Bonchev–Trinajstić information content (AvgIpc) is 3.00. The Morgan fingerprint density at radius 3 is 2.96 bits per heavy atom. The number of likely N-dealkylation sites (tertiary alicyclic amines) is 1. The number of urea groups is 1. The lowest BCUT2D eigenvalue weighted by Gasteiger charge is -2.32. The van der Waals surface area contributed by atoms with Crippen LogP contribution in [0.5, 0.6) is 0 Å². The lowest BCUT2D eigenvalue weighted by molar-refractivity contribution is 0.192. The number of thiazole rings is 1. The highest BCUT2D eigenvalue weighted by atomic mass is 32.1. The highest BCUT2D eigenvalue weighted by Crippen LogP contribution is 2.27. The van der Waals surface area contributed by atoms with Crippen LogP contribution >= 0.6 is 11.3 Å². The smallest absolute Gasteiger partial charge is 0.321 e. The standard InChI is InChI=1S/C19H21N5O2S/c1-11-20-16(9-18(25)21-11)13-4-3-7-24(10-13)19(26)23-14-5-6-15-17(8-14)27-12(2)22-15/h5-6,8-9,13H,3-4,7,10H2,1-2H3,(H,23,26)(H,20,21,25). The van der Waals surface area contributed by atoms with Crippen molar-refractivity contribution in [2.24, 2.45) is 0 Å². The molecule has 0 bridgehead atoms. The molecule has 1 aliphatic heterocycles. The third-order valence-electron chi connectivity index (χ3n) is 4.75. The van der Waals surface area contributed by atoms with Crippen LogP contribution in [-0.2, 0) is 0 Å². The molecule has 8 heteroatoms. The molecular formula is C19H21N5O2S. The number of benzene rings is 1. The van der Waals surface area contributed by atoms with E-state index in [2.05, 4.69) is 20.3 Å². The Balaban J connectivity index is 1.48. The molecule has 1 fully saturated rings. The lowest BCUT2D eigenvalue weighted by atomic mass is 9.94. The van der Waals surface area contributed by atoms with Crippen LogP contribution in [0.25, 0.3) is 10.2 Å². The molecule has 27 heavy (non-hydrogen) atoms. The van der Waals surface area contributed by atoms with Gasteiger partial charge in [-0.1, -0.05) is 0 Å². The molecule has 2 N–H and O–H groups in total. The molecule has 7 nitrogen and oxygen atoms in total. The van der Waals surface area contributed by atoms with Crippen molar-refractivity contribution in [1.29, 1.82) is 0 Å². The molecule has 4 rings (SSSR count). The lowest BCUT2D eigenvalue weighted by Crippen LogP contribution is -2.42. The number of fused-ring (bicyclic) bond motifs is 1. The van der Waals surface area contributed by atoms with Crippen molar-refractivity contribution in [3.63, 3.8) is 0 Å². The molecule has 1 atom stereocenters. The number of piperidine rings is 1. The Bertz CT molecular complexity index is 1060. The van der Waals surface area contributed by atoms with Gasteiger partial charge in [0.15, 0.2) is 0 Å². The van der Waals surface area contributed by atoms with Crippen LogP contribution in [-0.4, -0.2) is 39.0 Å². The highest BCUT2D eigenvalue weighted by Gasteiger charge is 2.26. The first kappa shape index (κ1) is 17.7. The number of amides is 2. The average molecular weight is 383 g/mol. The van der Waals surface area contributed by atoms with E-state index in [9.17, 15) is 9.59 Å². The Hall–Kier alpha value is -2.74. The van der Waals surface area contributed by atoms with Crippen molar-refractivity contribution < 1.29 is 4.79 Å². The Morgan fingerprint density at radius 1 is 1.30 bits per heavy atom. The van der Waals surface area contributed by atoms with Gasteiger partial charge in [0.2, 0.25) is 0 Å². The zero-order chi connectivity index (χ0) is 19.0. The first-order valence-corrected chi connectivity index (χ1v) is 9.80. The molecule has 1 aliphatic rings. The molecule has 0 radical (unpaired) electrons. The highest BCUT2D eigenvalue weighted by molar-refractivity contribution is 7.18. The zero-order valence-corrected chi connectivity index (χ0v) is 16.1. The fraction of sp³-hybridized carbons (Fsp3) is 0.368. The van der Waals surface area contributed by atoms with Crippen LogP contribution < -0.4 is 10.9 Å². The van der Waals surface area contributed by atoms with E-state index in [1.165, 1.54) is 0 Å². The summed E-state index contributed by atoms with van der Waals surface area (Å²) < 4.78 is 1.06. The SMILES string of the molecule is Cc1nc(C2CCCN(C(=O)Nc3ccc4nc(C)sc4c3)C2)cc(=O)[nH]1. The second-order valence-electron chi connectivity index (χ2n) is 6.89. The summed E-state index contributed by atoms with van der Waals surface area (Å²) in [5.41, 5.74) is 2.33. The molecule has 0 saturated carbocycles. The summed E-state index contributed by atoms with van der Waals surface area (Å²) in [6, 6.07) is 7.18. The molecule has 1 aromatic carbocycles. The summed E-state index contributed by atoms with van der Waals surface area (Å²) in [5.74, 6) is 0.685. The van der Waals surface area contributed by atoms with Gasteiger partial charge >= 0.3 is 6.03 Å².